The fourth-order valence-electron chi connectivity index (χ4n) is 0.700. The van der Waals surface area contributed by atoms with Crippen LogP contribution in [0.4, 0.5) is 0 Å². The molecule has 7 heteroatoms. The Labute approximate surface area is 83.2 Å². The van der Waals surface area contributed by atoms with E-state index in [9.17, 15) is 0 Å². The smallest absolute Gasteiger partial charge is 0.137 e. The molecular formula is C6H13BrO6. The van der Waals surface area contributed by atoms with Gasteiger partial charge >= 0.3 is 0 Å². The standard InChI is InChI=1S/C6H13BrO6/c7-6(13)5(12)4(11)3(10)2(9)1-8/h2-6,8-13H,1H2/t2-,3+,4-,5+,6?/m0/s1. The average Bonchev–Trinajstić information content (AvgIpc) is 2.12. The lowest BCUT2D eigenvalue weighted by molar-refractivity contribution is -0.127. The van der Waals surface area contributed by atoms with Gasteiger partial charge in [-0.05, 0) is 0 Å². The second-order valence-corrected chi connectivity index (χ2v) is 3.53. The monoisotopic (exact) mass is 260 g/mol. The van der Waals surface area contributed by atoms with Gasteiger partial charge in [-0.1, -0.05) is 15.9 Å². The van der Waals surface area contributed by atoms with Crippen molar-refractivity contribution >= 4 is 15.9 Å². The molecule has 0 aromatic carbocycles. The fraction of sp³-hybridized carbons (Fsp3) is 1.00. The van der Waals surface area contributed by atoms with E-state index >= 15 is 0 Å². The number of aliphatic hydroxyl groups is 6. The van der Waals surface area contributed by atoms with Gasteiger partial charge in [-0.25, -0.2) is 0 Å². The van der Waals surface area contributed by atoms with Gasteiger partial charge in [-0.3, -0.25) is 0 Å². The Morgan fingerprint density at radius 3 is 1.62 bits per heavy atom. The Kier molecular flexibility index (Phi) is 5.97. The summed E-state index contributed by atoms with van der Waals surface area (Å²) in [6, 6.07) is 0. The summed E-state index contributed by atoms with van der Waals surface area (Å²) in [7, 11) is 0. The van der Waals surface area contributed by atoms with Crippen molar-refractivity contribution in [2.24, 2.45) is 0 Å². The summed E-state index contributed by atoms with van der Waals surface area (Å²) < 4.78 is 0. The van der Waals surface area contributed by atoms with Crippen molar-refractivity contribution in [3.05, 3.63) is 0 Å². The molecule has 13 heavy (non-hydrogen) atoms. The van der Waals surface area contributed by atoms with Gasteiger partial charge < -0.3 is 30.6 Å². The molecule has 0 heterocycles. The summed E-state index contributed by atoms with van der Waals surface area (Å²) in [4.78, 5) is 0. The van der Waals surface area contributed by atoms with Crippen molar-refractivity contribution in [2.45, 2.75) is 29.4 Å². The highest BCUT2D eigenvalue weighted by Gasteiger charge is 2.32. The molecule has 5 atom stereocenters. The largest absolute Gasteiger partial charge is 0.394 e. The molecule has 0 saturated carbocycles. The van der Waals surface area contributed by atoms with Gasteiger partial charge in [-0.2, -0.15) is 0 Å². The van der Waals surface area contributed by atoms with E-state index in [4.69, 9.17) is 30.6 Å². The molecule has 0 amide bonds. The van der Waals surface area contributed by atoms with Crippen molar-refractivity contribution in [1.29, 1.82) is 0 Å². The van der Waals surface area contributed by atoms with Gasteiger partial charge in [0.2, 0.25) is 0 Å². The van der Waals surface area contributed by atoms with E-state index in [-0.39, 0.29) is 0 Å². The lowest BCUT2D eigenvalue weighted by atomic mass is 10.0. The number of aliphatic hydroxyl groups excluding tert-OH is 6. The Balaban J connectivity index is 4.15. The molecule has 0 aliphatic carbocycles. The molecule has 0 bridgehead atoms. The number of hydrogen-bond acceptors (Lipinski definition) is 6. The molecule has 80 valence electrons. The lowest BCUT2D eigenvalue weighted by Crippen LogP contribution is -2.48. The molecule has 0 aliphatic heterocycles. The van der Waals surface area contributed by atoms with E-state index < -0.39 is 36.0 Å². The van der Waals surface area contributed by atoms with Crippen molar-refractivity contribution < 1.29 is 30.6 Å². The summed E-state index contributed by atoms with van der Waals surface area (Å²) in [6.07, 6.45) is -6.66. The van der Waals surface area contributed by atoms with Crippen molar-refractivity contribution in [3.8, 4) is 0 Å². The number of alkyl halides is 1. The second kappa shape index (κ2) is 5.86. The highest BCUT2D eigenvalue weighted by atomic mass is 79.9. The third kappa shape index (κ3) is 3.86. The van der Waals surface area contributed by atoms with E-state index in [1.807, 2.05) is 0 Å². The molecule has 1 unspecified atom stereocenters. The zero-order valence-corrected chi connectivity index (χ0v) is 8.24. The molecule has 0 fully saturated rings. The summed E-state index contributed by atoms with van der Waals surface area (Å²) >= 11 is 2.57. The van der Waals surface area contributed by atoms with Gasteiger partial charge in [0.25, 0.3) is 0 Å². The van der Waals surface area contributed by atoms with E-state index in [0.717, 1.165) is 0 Å². The molecule has 0 aromatic rings. The molecule has 6 N–H and O–H groups in total. The molecule has 0 rings (SSSR count). The van der Waals surface area contributed by atoms with Crippen LogP contribution in [0.1, 0.15) is 0 Å². The van der Waals surface area contributed by atoms with Crippen molar-refractivity contribution in [1.82, 2.24) is 0 Å². The summed E-state index contributed by atoms with van der Waals surface area (Å²) in [6.45, 7) is -0.747. The Bertz CT molecular complexity index is 143. The van der Waals surface area contributed by atoms with Gasteiger partial charge in [0.1, 0.15) is 29.4 Å². The quantitative estimate of drug-likeness (QED) is 0.296. The van der Waals surface area contributed by atoms with Crippen molar-refractivity contribution in [3.63, 3.8) is 0 Å². The van der Waals surface area contributed by atoms with Crippen LogP contribution in [0.25, 0.3) is 0 Å². The second-order valence-electron chi connectivity index (χ2n) is 2.59. The maximum atomic E-state index is 9.10. The molecule has 6 nitrogen and oxygen atoms in total. The van der Waals surface area contributed by atoms with Gasteiger partial charge in [0.05, 0.1) is 6.61 Å². The normalized spacial score (nSPS) is 23.3. The minimum atomic E-state index is -1.74. The first kappa shape index (κ1) is 13.2. The molecule has 0 radical (unpaired) electrons. The third-order valence-corrected chi connectivity index (χ3v) is 2.10. The molecule has 0 aliphatic rings. The highest BCUT2D eigenvalue weighted by Crippen LogP contribution is 2.11. The Morgan fingerprint density at radius 2 is 1.31 bits per heavy atom. The first-order valence-corrected chi connectivity index (χ1v) is 4.48. The number of rotatable bonds is 5. The van der Waals surface area contributed by atoms with Crippen molar-refractivity contribution in [2.75, 3.05) is 6.61 Å². The maximum absolute atomic E-state index is 9.10. The minimum Gasteiger partial charge on any atom is -0.394 e. The zero-order valence-electron chi connectivity index (χ0n) is 6.66. The van der Waals surface area contributed by atoms with Crippen LogP contribution in [0.15, 0.2) is 0 Å². The topological polar surface area (TPSA) is 121 Å². The van der Waals surface area contributed by atoms with Crippen LogP contribution < -0.4 is 0 Å². The highest BCUT2D eigenvalue weighted by molar-refractivity contribution is 9.09. The summed E-state index contributed by atoms with van der Waals surface area (Å²) in [5.74, 6) is 0. The van der Waals surface area contributed by atoms with Gasteiger partial charge in [0, 0.05) is 0 Å². The van der Waals surface area contributed by atoms with Crippen LogP contribution in [0.5, 0.6) is 0 Å². The third-order valence-electron chi connectivity index (χ3n) is 1.56. The Morgan fingerprint density at radius 1 is 0.846 bits per heavy atom. The van der Waals surface area contributed by atoms with Gasteiger partial charge in [0.15, 0.2) is 0 Å². The Hall–Kier alpha value is 0.240. The lowest BCUT2D eigenvalue weighted by Gasteiger charge is -2.26. The van der Waals surface area contributed by atoms with Crippen LogP contribution in [0.2, 0.25) is 0 Å². The van der Waals surface area contributed by atoms with E-state index in [1.54, 1.807) is 0 Å². The molecule has 0 spiro atoms. The van der Waals surface area contributed by atoms with E-state index in [0.29, 0.717) is 0 Å². The molecule has 0 saturated heterocycles. The van der Waals surface area contributed by atoms with Crippen LogP contribution >= 0.6 is 15.9 Å². The molecular weight excluding hydrogens is 248 g/mol. The van der Waals surface area contributed by atoms with Gasteiger partial charge in [-0.15, -0.1) is 0 Å². The van der Waals surface area contributed by atoms with Crippen LogP contribution in [0.3, 0.4) is 0 Å². The van der Waals surface area contributed by atoms with Crippen LogP contribution in [-0.4, -0.2) is 66.7 Å². The SMILES string of the molecule is OC[C@H](O)[C@@H](O)[C@H](O)[C@@H](O)C(O)Br. The van der Waals surface area contributed by atoms with E-state index in [1.165, 1.54) is 0 Å². The van der Waals surface area contributed by atoms with Crippen LogP contribution in [-0.2, 0) is 0 Å². The predicted molar refractivity (Wildman–Crippen MR) is 46.0 cm³/mol. The minimum absolute atomic E-state index is 0.747. The predicted octanol–water partition coefficient (Wildman–Crippen LogP) is -2.86. The first-order valence-electron chi connectivity index (χ1n) is 3.57. The zero-order chi connectivity index (χ0) is 10.6. The maximum Gasteiger partial charge on any atom is 0.137 e. The first-order chi connectivity index (χ1) is 5.91. The summed E-state index contributed by atoms with van der Waals surface area (Å²) in [5.41, 5.74) is 0. The molecule has 0 aromatic heterocycles. The number of hydrogen-bond donors (Lipinski definition) is 6. The number of halogens is 1. The fourth-order valence-corrected chi connectivity index (χ4v) is 1.01. The summed E-state index contributed by atoms with van der Waals surface area (Å²) in [5, 5.41) is 51.7. The van der Waals surface area contributed by atoms with Crippen LogP contribution in [0, 0.1) is 0 Å². The average molecular weight is 261 g/mol. The van der Waals surface area contributed by atoms with E-state index in [2.05, 4.69) is 15.9 Å².